The molecule has 20 heavy (non-hydrogen) atoms. The maximum Gasteiger partial charge on any atom is 0.321 e. The third-order valence-electron chi connectivity index (χ3n) is 2.13. The molecule has 0 aliphatic rings. The van der Waals surface area contributed by atoms with Crippen LogP contribution in [0.25, 0.3) is 0 Å². The molecule has 108 valence electrons. The molecule has 0 spiro atoms. The molecule has 1 rings (SSSR count). The van der Waals surface area contributed by atoms with Crippen molar-refractivity contribution in [2.45, 2.75) is 19.9 Å². The summed E-state index contributed by atoms with van der Waals surface area (Å²) in [6.07, 6.45) is 0.628. The van der Waals surface area contributed by atoms with E-state index in [1.54, 1.807) is 32.0 Å². The average Bonchev–Trinajstić information content (AvgIpc) is 2.35. The number of benzene rings is 1. The molecule has 0 aromatic heterocycles. The molecular formula is C13H15BrN2O4. The van der Waals surface area contributed by atoms with Gasteiger partial charge in [-0.2, -0.15) is 0 Å². The lowest BCUT2D eigenvalue weighted by Crippen LogP contribution is -2.44. The van der Waals surface area contributed by atoms with Gasteiger partial charge in [-0.05, 0) is 32.0 Å². The van der Waals surface area contributed by atoms with Crippen LogP contribution in [0.4, 0.5) is 4.79 Å². The Labute approximate surface area is 125 Å². The van der Waals surface area contributed by atoms with Gasteiger partial charge in [0.15, 0.2) is 12.9 Å². The number of urea groups is 1. The number of hydrogen-bond acceptors (Lipinski definition) is 4. The molecule has 2 N–H and O–H groups in total. The molecule has 3 amide bonds. The molecule has 1 aromatic carbocycles. The summed E-state index contributed by atoms with van der Waals surface area (Å²) < 4.78 is 5.94. The van der Waals surface area contributed by atoms with Gasteiger partial charge in [0, 0.05) is 10.5 Å². The molecule has 0 bridgehead atoms. The molecule has 0 fully saturated rings. The van der Waals surface area contributed by atoms with Crippen LogP contribution in [0.3, 0.4) is 0 Å². The van der Waals surface area contributed by atoms with Crippen molar-refractivity contribution in [3.8, 4) is 5.75 Å². The molecule has 7 heteroatoms. The highest BCUT2D eigenvalue weighted by Crippen LogP contribution is 2.21. The van der Waals surface area contributed by atoms with Gasteiger partial charge in [0.05, 0.1) is 5.56 Å². The van der Waals surface area contributed by atoms with E-state index in [0.717, 1.165) is 4.47 Å². The number of nitrogens with one attached hydrogen (secondary N) is 2. The van der Waals surface area contributed by atoms with E-state index in [4.69, 9.17) is 4.74 Å². The topological polar surface area (TPSA) is 84.5 Å². The first-order chi connectivity index (χ1) is 9.42. The number of carbonyl (C=O) groups is 3. The molecule has 0 saturated heterocycles. The molecular weight excluding hydrogens is 328 g/mol. The maximum absolute atomic E-state index is 11.5. The fourth-order valence-electron chi connectivity index (χ4n) is 1.35. The van der Waals surface area contributed by atoms with E-state index in [1.165, 1.54) is 0 Å². The van der Waals surface area contributed by atoms with E-state index in [-0.39, 0.29) is 18.4 Å². The van der Waals surface area contributed by atoms with Crippen molar-refractivity contribution in [3.63, 3.8) is 0 Å². The summed E-state index contributed by atoms with van der Waals surface area (Å²) in [7, 11) is 0. The predicted octanol–water partition coefficient (Wildman–Crippen LogP) is 1.87. The van der Waals surface area contributed by atoms with E-state index in [0.29, 0.717) is 11.8 Å². The number of aldehydes is 1. The highest BCUT2D eigenvalue weighted by Gasteiger charge is 2.10. The number of imide groups is 1. The van der Waals surface area contributed by atoms with Crippen molar-refractivity contribution >= 4 is 34.2 Å². The largest absolute Gasteiger partial charge is 0.483 e. The second kappa shape index (κ2) is 7.64. The van der Waals surface area contributed by atoms with Gasteiger partial charge in [0.2, 0.25) is 0 Å². The molecule has 0 unspecified atom stereocenters. The molecule has 0 aliphatic carbocycles. The van der Waals surface area contributed by atoms with Crippen LogP contribution < -0.4 is 15.4 Å². The zero-order chi connectivity index (χ0) is 15.1. The van der Waals surface area contributed by atoms with Gasteiger partial charge in [0.1, 0.15) is 5.75 Å². The van der Waals surface area contributed by atoms with E-state index >= 15 is 0 Å². The lowest BCUT2D eigenvalue weighted by Gasteiger charge is -2.10. The minimum atomic E-state index is -0.595. The molecule has 1 aromatic rings. The fourth-order valence-corrected chi connectivity index (χ4v) is 1.73. The third kappa shape index (κ3) is 5.40. The first kappa shape index (κ1) is 16.2. The van der Waals surface area contributed by atoms with Gasteiger partial charge in [-0.3, -0.25) is 14.9 Å². The molecule has 0 atom stereocenters. The minimum Gasteiger partial charge on any atom is -0.483 e. The molecule has 0 radical (unpaired) electrons. The van der Waals surface area contributed by atoms with Gasteiger partial charge >= 0.3 is 6.03 Å². The second-order valence-corrected chi connectivity index (χ2v) is 5.18. The van der Waals surface area contributed by atoms with Crippen molar-refractivity contribution in [2.24, 2.45) is 0 Å². The van der Waals surface area contributed by atoms with Crippen LogP contribution in [0.5, 0.6) is 5.75 Å². The average molecular weight is 343 g/mol. The lowest BCUT2D eigenvalue weighted by molar-refractivity contribution is -0.122. The van der Waals surface area contributed by atoms with Crippen molar-refractivity contribution in [2.75, 3.05) is 6.61 Å². The Hall–Kier alpha value is -1.89. The van der Waals surface area contributed by atoms with Crippen molar-refractivity contribution in [3.05, 3.63) is 28.2 Å². The van der Waals surface area contributed by atoms with Crippen molar-refractivity contribution < 1.29 is 19.1 Å². The van der Waals surface area contributed by atoms with Crippen LogP contribution in [0.15, 0.2) is 22.7 Å². The lowest BCUT2D eigenvalue weighted by atomic mass is 10.2. The normalized spacial score (nSPS) is 10.0. The molecule has 0 heterocycles. The summed E-state index contributed by atoms with van der Waals surface area (Å²) >= 11 is 3.23. The quantitative estimate of drug-likeness (QED) is 0.800. The summed E-state index contributed by atoms with van der Waals surface area (Å²) in [5.74, 6) is -0.314. The monoisotopic (exact) mass is 342 g/mol. The molecule has 6 nitrogen and oxygen atoms in total. The van der Waals surface area contributed by atoms with E-state index in [9.17, 15) is 14.4 Å². The highest BCUT2D eigenvalue weighted by atomic mass is 79.9. The first-order valence-electron chi connectivity index (χ1n) is 5.90. The Morgan fingerprint density at radius 2 is 2.10 bits per heavy atom. The Kier molecular flexibility index (Phi) is 6.17. The Morgan fingerprint density at radius 1 is 1.40 bits per heavy atom. The highest BCUT2D eigenvalue weighted by molar-refractivity contribution is 9.10. The van der Waals surface area contributed by atoms with E-state index in [2.05, 4.69) is 26.6 Å². The zero-order valence-corrected chi connectivity index (χ0v) is 12.7. The van der Waals surface area contributed by atoms with Crippen molar-refractivity contribution in [1.29, 1.82) is 0 Å². The van der Waals surface area contributed by atoms with E-state index in [1.807, 2.05) is 0 Å². The smallest absolute Gasteiger partial charge is 0.321 e. The molecule has 0 aliphatic heterocycles. The second-order valence-electron chi connectivity index (χ2n) is 4.27. The van der Waals surface area contributed by atoms with Crippen LogP contribution in [0.2, 0.25) is 0 Å². The number of carbonyl (C=O) groups excluding carboxylic acids is 3. The SMILES string of the molecule is CC(C)NC(=O)NC(=O)COc1ccc(Br)cc1C=O. The van der Waals surface area contributed by atoms with Crippen LogP contribution in [0.1, 0.15) is 24.2 Å². The number of ether oxygens (including phenoxy) is 1. The summed E-state index contributed by atoms with van der Waals surface area (Å²) in [6, 6.07) is 4.17. The van der Waals surface area contributed by atoms with Gasteiger partial charge in [-0.25, -0.2) is 4.79 Å². The molecule has 0 saturated carbocycles. The maximum atomic E-state index is 11.5. The standard InChI is InChI=1S/C13H15BrN2O4/c1-8(2)15-13(19)16-12(18)7-20-11-4-3-10(14)5-9(11)6-17/h3-6,8H,7H2,1-2H3,(H2,15,16,18,19). The van der Waals surface area contributed by atoms with Crippen LogP contribution in [-0.4, -0.2) is 30.9 Å². The van der Waals surface area contributed by atoms with E-state index < -0.39 is 11.9 Å². The predicted molar refractivity (Wildman–Crippen MR) is 76.8 cm³/mol. The fraction of sp³-hybridized carbons (Fsp3) is 0.308. The van der Waals surface area contributed by atoms with Gasteiger partial charge < -0.3 is 10.1 Å². The number of halogens is 1. The zero-order valence-electron chi connectivity index (χ0n) is 11.1. The summed E-state index contributed by atoms with van der Waals surface area (Å²) in [5.41, 5.74) is 0.318. The number of amides is 3. The van der Waals surface area contributed by atoms with Gasteiger partial charge in [0.25, 0.3) is 5.91 Å². The van der Waals surface area contributed by atoms with Crippen LogP contribution in [0, 0.1) is 0 Å². The van der Waals surface area contributed by atoms with Gasteiger partial charge in [-0.15, -0.1) is 0 Å². The van der Waals surface area contributed by atoms with Crippen molar-refractivity contribution in [1.82, 2.24) is 10.6 Å². The summed E-state index contributed by atoms with van der Waals surface area (Å²) in [6.45, 7) is 3.20. The third-order valence-corrected chi connectivity index (χ3v) is 2.62. The van der Waals surface area contributed by atoms with Gasteiger partial charge in [-0.1, -0.05) is 15.9 Å². The summed E-state index contributed by atoms with van der Waals surface area (Å²) in [4.78, 5) is 33.6. The Bertz CT molecular complexity index is 517. The number of rotatable bonds is 5. The first-order valence-corrected chi connectivity index (χ1v) is 6.69. The Balaban J connectivity index is 2.53. The summed E-state index contributed by atoms with van der Waals surface area (Å²) in [5, 5.41) is 4.63. The van der Waals surface area contributed by atoms with Crippen LogP contribution in [-0.2, 0) is 4.79 Å². The number of hydrogen-bond donors (Lipinski definition) is 2. The minimum absolute atomic E-state index is 0.0724. The Morgan fingerprint density at radius 3 is 2.70 bits per heavy atom. The van der Waals surface area contributed by atoms with Crippen LogP contribution >= 0.6 is 15.9 Å².